The maximum atomic E-state index is 12.5. The lowest BCUT2D eigenvalue weighted by Crippen LogP contribution is -2.30. The maximum Gasteiger partial charge on any atom is 0.338 e. The minimum atomic E-state index is -0.531. The molecule has 2 aromatic carbocycles. The quantitative estimate of drug-likeness (QED) is 0.444. The summed E-state index contributed by atoms with van der Waals surface area (Å²) in [5, 5.41) is 2.79. The number of halogens is 1. The van der Waals surface area contributed by atoms with Gasteiger partial charge >= 0.3 is 5.97 Å². The number of amides is 2. The Kier molecular flexibility index (Phi) is 7.48. The normalized spacial score (nSPS) is 17.3. The predicted octanol–water partition coefficient (Wildman–Crippen LogP) is 4.06. The van der Waals surface area contributed by atoms with Crippen LogP contribution in [-0.4, -0.2) is 46.8 Å². The van der Waals surface area contributed by atoms with Crippen LogP contribution < -0.4 is 5.32 Å². The Morgan fingerprint density at radius 3 is 2.47 bits per heavy atom. The van der Waals surface area contributed by atoms with E-state index in [4.69, 9.17) is 4.74 Å². The SMILES string of the molecule is CCOC(=O)c1ccc(N=C2SC(CC(=O)Nc3ccc(I)cc3)C(=O)N2C)cc1. The molecule has 2 aromatic rings. The third-order valence-corrected chi connectivity index (χ3v) is 6.19. The number of nitrogens with zero attached hydrogens (tertiary/aromatic N) is 2. The fourth-order valence-corrected chi connectivity index (χ4v) is 4.22. The molecule has 9 heteroatoms. The van der Waals surface area contributed by atoms with Crippen molar-refractivity contribution in [2.75, 3.05) is 19.0 Å². The molecule has 1 saturated heterocycles. The fraction of sp³-hybridized carbons (Fsp3) is 0.238. The molecule has 0 radical (unpaired) electrons. The van der Waals surface area contributed by atoms with Crippen LogP contribution in [0.3, 0.4) is 0 Å². The highest BCUT2D eigenvalue weighted by atomic mass is 127. The molecular weight excluding hydrogens is 517 g/mol. The first-order valence-electron chi connectivity index (χ1n) is 9.23. The van der Waals surface area contributed by atoms with Gasteiger partial charge in [-0.05, 0) is 78.0 Å². The highest BCUT2D eigenvalue weighted by Crippen LogP contribution is 2.31. The molecule has 30 heavy (non-hydrogen) atoms. The van der Waals surface area contributed by atoms with Crippen molar-refractivity contribution < 1.29 is 19.1 Å². The number of hydrogen-bond acceptors (Lipinski definition) is 6. The zero-order valence-corrected chi connectivity index (χ0v) is 19.4. The van der Waals surface area contributed by atoms with E-state index in [1.165, 1.54) is 16.7 Å². The van der Waals surface area contributed by atoms with Gasteiger partial charge in [-0.3, -0.25) is 14.5 Å². The second-order valence-corrected chi connectivity index (χ2v) is 8.84. The molecule has 0 aromatic heterocycles. The first kappa shape index (κ1) is 22.3. The summed E-state index contributed by atoms with van der Waals surface area (Å²) in [6.07, 6.45) is 0.0562. The summed E-state index contributed by atoms with van der Waals surface area (Å²) < 4.78 is 6.04. The van der Waals surface area contributed by atoms with Crippen molar-refractivity contribution in [3.8, 4) is 0 Å². The smallest absolute Gasteiger partial charge is 0.338 e. The standard InChI is InChI=1S/C21H20IN3O4S/c1-3-29-20(28)13-4-8-16(9-5-13)24-21-25(2)19(27)17(30-21)12-18(26)23-15-10-6-14(22)7-11-15/h4-11,17H,3,12H2,1-2H3,(H,23,26). The minimum absolute atomic E-state index is 0.0562. The largest absolute Gasteiger partial charge is 0.462 e. The van der Waals surface area contributed by atoms with E-state index in [-0.39, 0.29) is 18.2 Å². The van der Waals surface area contributed by atoms with Gasteiger partial charge in [0, 0.05) is 22.7 Å². The topological polar surface area (TPSA) is 88.1 Å². The second-order valence-electron chi connectivity index (χ2n) is 6.42. The van der Waals surface area contributed by atoms with E-state index >= 15 is 0 Å². The van der Waals surface area contributed by atoms with E-state index in [1.54, 1.807) is 38.2 Å². The molecule has 1 fully saturated rings. The average molecular weight is 537 g/mol. The van der Waals surface area contributed by atoms with Crippen LogP contribution in [0.4, 0.5) is 11.4 Å². The Morgan fingerprint density at radius 2 is 1.83 bits per heavy atom. The molecule has 0 bridgehead atoms. The molecule has 1 unspecified atom stereocenters. The Labute approximate surface area is 192 Å². The first-order valence-corrected chi connectivity index (χ1v) is 11.2. The van der Waals surface area contributed by atoms with E-state index in [0.717, 1.165) is 3.57 Å². The Balaban J connectivity index is 1.64. The summed E-state index contributed by atoms with van der Waals surface area (Å²) in [7, 11) is 1.64. The van der Waals surface area contributed by atoms with Gasteiger partial charge in [0.2, 0.25) is 11.8 Å². The number of ether oxygens (including phenoxy) is 1. The number of nitrogens with one attached hydrogen (secondary N) is 1. The van der Waals surface area contributed by atoms with Crippen molar-refractivity contribution >= 4 is 68.7 Å². The Bertz CT molecular complexity index is 977. The molecule has 0 spiro atoms. The molecule has 156 valence electrons. The van der Waals surface area contributed by atoms with Gasteiger partial charge < -0.3 is 10.1 Å². The highest BCUT2D eigenvalue weighted by molar-refractivity contribution is 14.1. The van der Waals surface area contributed by atoms with Crippen LogP contribution in [0.15, 0.2) is 53.5 Å². The number of thioether (sulfide) groups is 1. The van der Waals surface area contributed by atoms with Gasteiger partial charge in [0.1, 0.15) is 5.25 Å². The van der Waals surface area contributed by atoms with Crippen molar-refractivity contribution in [2.45, 2.75) is 18.6 Å². The lowest BCUT2D eigenvalue weighted by Gasteiger charge is -2.09. The van der Waals surface area contributed by atoms with Crippen LogP contribution in [0.1, 0.15) is 23.7 Å². The third kappa shape index (κ3) is 5.60. The number of aliphatic imine (C=N–C) groups is 1. The second kappa shape index (κ2) is 10.1. The summed E-state index contributed by atoms with van der Waals surface area (Å²) in [4.78, 5) is 42.6. The van der Waals surface area contributed by atoms with E-state index in [1.807, 2.05) is 24.3 Å². The summed E-state index contributed by atoms with van der Waals surface area (Å²) in [5.41, 5.74) is 1.74. The average Bonchev–Trinajstić information content (AvgIpc) is 2.98. The van der Waals surface area contributed by atoms with Gasteiger partial charge in [-0.2, -0.15) is 0 Å². The van der Waals surface area contributed by atoms with E-state index in [2.05, 4.69) is 32.9 Å². The number of carbonyl (C=O) groups is 3. The highest BCUT2D eigenvalue weighted by Gasteiger charge is 2.37. The molecule has 1 heterocycles. The van der Waals surface area contributed by atoms with Gasteiger partial charge in [-0.1, -0.05) is 11.8 Å². The fourth-order valence-electron chi connectivity index (χ4n) is 2.71. The lowest BCUT2D eigenvalue weighted by atomic mass is 10.2. The van der Waals surface area contributed by atoms with Crippen LogP contribution in [0.5, 0.6) is 0 Å². The molecule has 2 amide bonds. The summed E-state index contributed by atoms with van der Waals surface area (Å²) in [6.45, 7) is 2.06. The Morgan fingerprint density at radius 1 is 1.17 bits per heavy atom. The molecule has 0 saturated carbocycles. The number of carbonyl (C=O) groups excluding carboxylic acids is 3. The monoisotopic (exact) mass is 537 g/mol. The van der Waals surface area contributed by atoms with Gasteiger partial charge in [0.25, 0.3) is 0 Å². The first-order chi connectivity index (χ1) is 14.4. The molecule has 1 aliphatic heterocycles. The van der Waals surface area contributed by atoms with Gasteiger partial charge in [0.05, 0.1) is 17.9 Å². The molecular formula is C21H20IN3O4S. The third-order valence-electron chi connectivity index (χ3n) is 4.24. The Hall–Kier alpha value is -2.40. The maximum absolute atomic E-state index is 12.5. The van der Waals surface area contributed by atoms with Crippen LogP contribution in [-0.2, 0) is 14.3 Å². The number of rotatable bonds is 6. The van der Waals surface area contributed by atoms with Crippen LogP contribution in [0.2, 0.25) is 0 Å². The van der Waals surface area contributed by atoms with E-state index in [0.29, 0.717) is 28.7 Å². The number of anilines is 1. The van der Waals surface area contributed by atoms with Crippen molar-refractivity contribution in [3.63, 3.8) is 0 Å². The molecule has 1 atom stereocenters. The van der Waals surface area contributed by atoms with Crippen molar-refractivity contribution in [1.82, 2.24) is 4.90 Å². The van der Waals surface area contributed by atoms with Crippen LogP contribution in [0.25, 0.3) is 0 Å². The molecule has 0 aliphatic carbocycles. The summed E-state index contributed by atoms with van der Waals surface area (Å²) in [6, 6.07) is 14.1. The van der Waals surface area contributed by atoms with Crippen molar-refractivity contribution in [2.24, 2.45) is 4.99 Å². The molecule has 7 nitrogen and oxygen atoms in total. The van der Waals surface area contributed by atoms with Gasteiger partial charge in [-0.25, -0.2) is 9.79 Å². The number of esters is 1. The van der Waals surface area contributed by atoms with E-state index in [9.17, 15) is 14.4 Å². The predicted molar refractivity (Wildman–Crippen MR) is 126 cm³/mol. The zero-order valence-electron chi connectivity index (χ0n) is 16.4. The zero-order chi connectivity index (χ0) is 21.7. The molecule has 1 aliphatic rings. The minimum Gasteiger partial charge on any atom is -0.462 e. The van der Waals surface area contributed by atoms with Crippen molar-refractivity contribution in [1.29, 1.82) is 0 Å². The van der Waals surface area contributed by atoms with Gasteiger partial charge in [0.15, 0.2) is 5.17 Å². The van der Waals surface area contributed by atoms with Crippen LogP contribution in [0, 0.1) is 3.57 Å². The number of benzene rings is 2. The van der Waals surface area contributed by atoms with Gasteiger partial charge in [-0.15, -0.1) is 0 Å². The van der Waals surface area contributed by atoms with E-state index < -0.39 is 11.2 Å². The number of hydrogen-bond donors (Lipinski definition) is 1. The van der Waals surface area contributed by atoms with Crippen molar-refractivity contribution in [3.05, 3.63) is 57.7 Å². The number of amidine groups is 1. The summed E-state index contributed by atoms with van der Waals surface area (Å²) >= 11 is 3.45. The molecule has 1 N–H and O–H groups in total. The summed E-state index contributed by atoms with van der Waals surface area (Å²) in [5.74, 6) is -0.784. The lowest BCUT2D eigenvalue weighted by molar-refractivity contribution is -0.127. The van der Waals surface area contributed by atoms with Crippen LogP contribution >= 0.6 is 34.4 Å². The molecule has 3 rings (SSSR count).